The van der Waals surface area contributed by atoms with E-state index in [1.807, 2.05) is 18.2 Å². The molecule has 2 aliphatic rings. The minimum absolute atomic E-state index is 0.186. The summed E-state index contributed by atoms with van der Waals surface area (Å²) in [5.74, 6) is 2.27. The Hall–Kier alpha value is -1.59. The highest BCUT2D eigenvalue weighted by molar-refractivity contribution is 6.31. The highest BCUT2D eigenvalue weighted by atomic mass is 35.5. The number of fused-ring (bicyclic) bond motifs is 1. The number of imidazole rings is 1. The maximum Gasteiger partial charge on any atom is 0.234 e. The highest BCUT2D eigenvalue weighted by Gasteiger charge is 2.26. The van der Waals surface area contributed by atoms with Crippen LogP contribution in [0.4, 0.5) is 0 Å². The predicted molar refractivity (Wildman–Crippen MR) is 109 cm³/mol. The molecule has 2 fully saturated rings. The van der Waals surface area contributed by atoms with Gasteiger partial charge < -0.3 is 10.3 Å². The van der Waals surface area contributed by atoms with Crippen LogP contribution in [0, 0.1) is 5.92 Å². The molecule has 1 aliphatic carbocycles. The summed E-state index contributed by atoms with van der Waals surface area (Å²) in [5, 5.41) is 4.00. The number of nitrogens with one attached hydrogen (secondary N) is 2. The summed E-state index contributed by atoms with van der Waals surface area (Å²) in [5.41, 5.74) is 1.97. The Bertz CT molecular complexity index is 797. The lowest BCUT2D eigenvalue weighted by Crippen LogP contribution is -2.47. The predicted octanol–water partition coefficient (Wildman–Crippen LogP) is 4.09. The van der Waals surface area contributed by atoms with Crippen molar-refractivity contribution >= 4 is 28.5 Å². The molecule has 1 amide bonds. The molecule has 2 N–H and O–H groups in total. The van der Waals surface area contributed by atoms with E-state index in [4.69, 9.17) is 16.6 Å². The van der Waals surface area contributed by atoms with E-state index >= 15 is 0 Å². The van der Waals surface area contributed by atoms with Crippen LogP contribution in [0.5, 0.6) is 0 Å². The number of rotatable bonds is 4. The maximum atomic E-state index is 12.4. The third-order valence-electron chi connectivity index (χ3n) is 6.26. The van der Waals surface area contributed by atoms with Crippen LogP contribution in [0.25, 0.3) is 11.0 Å². The molecule has 0 bridgehead atoms. The first-order valence-electron chi connectivity index (χ1n) is 10.3. The van der Waals surface area contributed by atoms with Gasteiger partial charge in [0.25, 0.3) is 0 Å². The second kappa shape index (κ2) is 8.19. The summed E-state index contributed by atoms with van der Waals surface area (Å²) in [7, 11) is 0. The number of hydrogen-bond acceptors (Lipinski definition) is 3. The summed E-state index contributed by atoms with van der Waals surface area (Å²) < 4.78 is 0. The Morgan fingerprint density at radius 2 is 2.04 bits per heavy atom. The zero-order valence-electron chi connectivity index (χ0n) is 16.0. The van der Waals surface area contributed by atoms with E-state index in [0.29, 0.717) is 24.4 Å². The first-order chi connectivity index (χ1) is 13.1. The fourth-order valence-corrected chi connectivity index (χ4v) is 4.72. The van der Waals surface area contributed by atoms with Crippen LogP contribution in [-0.2, 0) is 4.79 Å². The van der Waals surface area contributed by atoms with Gasteiger partial charge in [-0.3, -0.25) is 9.69 Å². The molecule has 5 nitrogen and oxygen atoms in total. The number of amides is 1. The average Bonchev–Trinajstić information content (AvgIpc) is 3.07. The Balaban J connectivity index is 1.28. The minimum Gasteiger partial charge on any atom is -0.352 e. The van der Waals surface area contributed by atoms with Crippen molar-refractivity contribution in [3.8, 4) is 0 Å². The van der Waals surface area contributed by atoms with Crippen molar-refractivity contribution in [2.45, 2.75) is 57.4 Å². The molecule has 2 aromatic rings. The van der Waals surface area contributed by atoms with Gasteiger partial charge in [0.2, 0.25) is 5.91 Å². The average molecular weight is 389 g/mol. The Morgan fingerprint density at radius 1 is 1.26 bits per heavy atom. The molecule has 6 heteroatoms. The summed E-state index contributed by atoms with van der Waals surface area (Å²) in [6, 6.07) is 6.14. The van der Waals surface area contributed by atoms with Crippen LogP contribution in [0.1, 0.15) is 57.2 Å². The van der Waals surface area contributed by atoms with Crippen LogP contribution in [0.15, 0.2) is 18.2 Å². The number of aromatic nitrogens is 2. The highest BCUT2D eigenvalue weighted by Crippen LogP contribution is 2.28. The lowest BCUT2D eigenvalue weighted by Gasteiger charge is -2.33. The molecular weight excluding hydrogens is 360 g/mol. The zero-order chi connectivity index (χ0) is 18.8. The van der Waals surface area contributed by atoms with E-state index in [1.165, 1.54) is 19.3 Å². The molecule has 1 aromatic carbocycles. The van der Waals surface area contributed by atoms with Crippen LogP contribution in [-0.4, -0.2) is 46.5 Å². The molecular formula is C21H29ClN4O. The maximum absolute atomic E-state index is 12.4. The molecule has 2 heterocycles. The van der Waals surface area contributed by atoms with Gasteiger partial charge in [0.05, 0.1) is 17.6 Å². The number of aromatic amines is 1. The molecule has 1 aliphatic heterocycles. The number of likely N-dealkylation sites (tertiary alicyclic amines) is 1. The van der Waals surface area contributed by atoms with Crippen molar-refractivity contribution in [3.05, 3.63) is 29.0 Å². The van der Waals surface area contributed by atoms with E-state index in [0.717, 1.165) is 54.2 Å². The van der Waals surface area contributed by atoms with Gasteiger partial charge in [-0.25, -0.2) is 4.98 Å². The van der Waals surface area contributed by atoms with Gasteiger partial charge in [0.15, 0.2) is 0 Å². The van der Waals surface area contributed by atoms with Gasteiger partial charge in [0, 0.05) is 17.0 Å². The van der Waals surface area contributed by atoms with Crippen molar-refractivity contribution < 1.29 is 4.79 Å². The largest absolute Gasteiger partial charge is 0.352 e. The van der Waals surface area contributed by atoms with Gasteiger partial charge in [-0.05, 0) is 62.9 Å². The van der Waals surface area contributed by atoms with Gasteiger partial charge >= 0.3 is 0 Å². The van der Waals surface area contributed by atoms with Crippen LogP contribution in [0.3, 0.4) is 0 Å². The number of piperidine rings is 1. The van der Waals surface area contributed by atoms with Gasteiger partial charge in [-0.15, -0.1) is 0 Å². The molecule has 0 radical (unpaired) electrons. The van der Waals surface area contributed by atoms with E-state index in [2.05, 4.69) is 22.1 Å². The molecule has 1 saturated carbocycles. The van der Waals surface area contributed by atoms with Crippen LogP contribution >= 0.6 is 11.6 Å². The van der Waals surface area contributed by atoms with Crippen molar-refractivity contribution in [1.82, 2.24) is 20.2 Å². The third-order valence-corrected chi connectivity index (χ3v) is 6.50. The van der Waals surface area contributed by atoms with E-state index < -0.39 is 0 Å². The Labute approximate surface area is 165 Å². The molecule has 0 unspecified atom stereocenters. The molecule has 1 saturated heterocycles. The first-order valence-corrected chi connectivity index (χ1v) is 10.6. The van der Waals surface area contributed by atoms with Crippen molar-refractivity contribution in [3.63, 3.8) is 0 Å². The summed E-state index contributed by atoms with van der Waals surface area (Å²) in [6.45, 7) is 4.66. The number of halogens is 1. The fraction of sp³-hybridized carbons (Fsp3) is 0.619. The topological polar surface area (TPSA) is 61.0 Å². The SMILES string of the molecule is C[C@H]1CCCC[C@@H]1NC(=O)CN1CCC(c2nc3ccc(Cl)cc3[nH]2)CC1. The fourth-order valence-electron chi connectivity index (χ4n) is 4.55. The Morgan fingerprint density at radius 3 is 2.81 bits per heavy atom. The van der Waals surface area contributed by atoms with Gasteiger partial charge in [-0.2, -0.15) is 0 Å². The summed E-state index contributed by atoms with van der Waals surface area (Å²) in [6.07, 6.45) is 6.96. The number of nitrogens with zero attached hydrogens (tertiary/aromatic N) is 2. The Kier molecular flexibility index (Phi) is 5.69. The lowest BCUT2D eigenvalue weighted by molar-refractivity contribution is -0.123. The standard InChI is InChI=1S/C21H29ClN4O/c1-14-4-2-3-5-17(14)23-20(27)13-26-10-8-15(9-11-26)21-24-18-7-6-16(22)12-19(18)25-21/h6-7,12,14-15,17H,2-5,8-11,13H2,1H3,(H,23,27)(H,24,25)/t14-,17-/m0/s1. The number of benzene rings is 1. The van der Waals surface area contributed by atoms with Gasteiger partial charge in [0.1, 0.15) is 5.82 Å². The molecule has 0 spiro atoms. The second-order valence-corrected chi connectivity index (χ2v) is 8.71. The zero-order valence-corrected chi connectivity index (χ0v) is 16.8. The lowest BCUT2D eigenvalue weighted by atomic mass is 9.86. The molecule has 1 aromatic heterocycles. The van der Waals surface area contributed by atoms with Crippen molar-refractivity contribution in [2.75, 3.05) is 19.6 Å². The number of carbonyl (C=O) groups is 1. The van der Waals surface area contributed by atoms with Crippen LogP contribution < -0.4 is 5.32 Å². The molecule has 27 heavy (non-hydrogen) atoms. The van der Waals surface area contributed by atoms with Crippen molar-refractivity contribution in [1.29, 1.82) is 0 Å². The van der Waals surface area contributed by atoms with E-state index in [-0.39, 0.29) is 5.91 Å². The summed E-state index contributed by atoms with van der Waals surface area (Å²) in [4.78, 5) is 22.9. The van der Waals surface area contributed by atoms with Gasteiger partial charge in [-0.1, -0.05) is 31.4 Å². The first kappa shape index (κ1) is 18.8. The summed E-state index contributed by atoms with van der Waals surface area (Å²) >= 11 is 6.07. The smallest absolute Gasteiger partial charge is 0.234 e. The molecule has 4 rings (SSSR count). The number of carbonyl (C=O) groups excluding carboxylic acids is 1. The van der Waals surface area contributed by atoms with Crippen LogP contribution in [0.2, 0.25) is 5.02 Å². The third kappa shape index (κ3) is 4.46. The van der Waals surface area contributed by atoms with Crippen molar-refractivity contribution in [2.24, 2.45) is 5.92 Å². The monoisotopic (exact) mass is 388 g/mol. The van der Waals surface area contributed by atoms with E-state index in [9.17, 15) is 4.79 Å². The molecule has 146 valence electrons. The normalized spacial score (nSPS) is 25.0. The van der Waals surface area contributed by atoms with E-state index in [1.54, 1.807) is 0 Å². The second-order valence-electron chi connectivity index (χ2n) is 8.27. The minimum atomic E-state index is 0.186. The number of hydrogen-bond donors (Lipinski definition) is 2. The number of H-pyrrole nitrogens is 1. The molecule has 2 atom stereocenters. The quantitative estimate of drug-likeness (QED) is 0.829.